The molecule has 2 aromatic carbocycles. The molecule has 27 heavy (non-hydrogen) atoms. The molecule has 0 saturated heterocycles. The van der Waals surface area contributed by atoms with E-state index in [4.69, 9.17) is 0 Å². The van der Waals surface area contributed by atoms with Gasteiger partial charge in [0.1, 0.15) is 15.7 Å². The highest BCUT2D eigenvalue weighted by Crippen LogP contribution is 2.27. The SMILES string of the molecule is Cc1nn2c(CNS(=O)(=O)c3ccccc3F)c(-c3ccccc3)nc2s1. The number of rotatable bonds is 5. The lowest BCUT2D eigenvalue weighted by molar-refractivity contribution is 0.556. The van der Waals surface area contributed by atoms with Crippen LogP contribution in [0, 0.1) is 12.7 Å². The molecule has 2 aromatic heterocycles. The van der Waals surface area contributed by atoms with Gasteiger partial charge in [0.15, 0.2) is 0 Å². The Bertz CT molecular complexity index is 1220. The number of benzene rings is 2. The number of nitrogens with one attached hydrogen (secondary N) is 1. The van der Waals surface area contributed by atoms with Crippen molar-refractivity contribution in [3.63, 3.8) is 0 Å². The van der Waals surface area contributed by atoms with Crippen LogP contribution in [0.15, 0.2) is 59.5 Å². The molecule has 6 nitrogen and oxygen atoms in total. The van der Waals surface area contributed by atoms with Crippen molar-refractivity contribution in [3.8, 4) is 11.3 Å². The molecule has 0 fully saturated rings. The topological polar surface area (TPSA) is 76.4 Å². The van der Waals surface area contributed by atoms with Crippen LogP contribution in [0.5, 0.6) is 0 Å². The minimum absolute atomic E-state index is 0.0643. The summed E-state index contributed by atoms with van der Waals surface area (Å²) in [6.07, 6.45) is 0. The Morgan fingerprint density at radius 1 is 1.11 bits per heavy atom. The predicted octanol–water partition coefficient (Wildman–Crippen LogP) is 3.38. The van der Waals surface area contributed by atoms with Crippen molar-refractivity contribution in [2.75, 3.05) is 0 Å². The fourth-order valence-corrected chi connectivity index (χ4v) is 4.60. The summed E-state index contributed by atoms with van der Waals surface area (Å²) in [7, 11) is -4.02. The lowest BCUT2D eigenvalue weighted by Crippen LogP contribution is -2.25. The van der Waals surface area contributed by atoms with Crippen LogP contribution >= 0.6 is 11.3 Å². The minimum Gasteiger partial charge on any atom is -0.217 e. The molecular weight excluding hydrogens is 387 g/mol. The number of hydrogen-bond acceptors (Lipinski definition) is 5. The molecule has 0 aliphatic rings. The average Bonchev–Trinajstić information content (AvgIpc) is 3.17. The lowest BCUT2D eigenvalue weighted by atomic mass is 10.1. The minimum atomic E-state index is -4.02. The summed E-state index contributed by atoms with van der Waals surface area (Å²) >= 11 is 1.42. The monoisotopic (exact) mass is 402 g/mol. The Hall–Kier alpha value is -2.62. The zero-order valence-corrected chi connectivity index (χ0v) is 15.9. The van der Waals surface area contributed by atoms with Crippen LogP contribution in [-0.4, -0.2) is 23.0 Å². The Balaban J connectivity index is 1.74. The molecule has 0 amide bonds. The number of sulfonamides is 1. The second-order valence-electron chi connectivity index (χ2n) is 5.84. The molecule has 0 aliphatic carbocycles. The third-order valence-corrected chi connectivity index (χ3v) is 6.26. The van der Waals surface area contributed by atoms with Crippen LogP contribution in [0.3, 0.4) is 0 Å². The van der Waals surface area contributed by atoms with Crippen molar-refractivity contribution in [2.24, 2.45) is 0 Å². The molecule has 0 aliphatic heterocycles. The summed E-state index contributed by atoms with van der Waals surface area (Å²) in [5.41, 5.74) is 2.10. The van der Waals surface area contributed by atoms with E-state index in [-0.39, 0.29) is 11.4 Å². The van der Waals surface area contributed by atoms with E-state index in [1.807, 2.05) is 37.3 Å². The van der Waals surface area contributed by atoms with Crippen molar-refractivity contribution in [1.82, 2.24) is 19.3 Å². The summed E-state index contributed by atoms with van der Waals surface area (Å²) in [4.78, 5) is 4.89. The number of aromatic nitrogens is 3. The van der Waals surface area contributed by atoms with Crippen molar-refractivity contribution >= 4 is 26.3 Å². The fraction of sp³-hybridized carbons (Fsp3) is 0.111. The first-order valence-corrected chi connectivity index (χ1v) is 10.4. The number of hydrogen-bond donors (Lipinski definition) is 1. The fourth-order valence-electron chi connectivity index (χ4n) is 2.78. The van der Waals surface area contributed by atoms with Crippen LogP contribution in [0.4, 0.5) is 4.39 Å². The van der Waals surface area contributed by atoms with Crippen LogP contribution in [0.25, 0.3) is 16.2 Å². The summed E-state index contributed by atoms with van der Waals surface area (Å²) in [6.45, 7) is 1.79. The summed E-state index contributed by atoms with van der Waals surface area (Å²) < 4.78 is 43.1. The molecule has 1 N–H and O–H groups in total. The van der Waals surface area contributed by atoms with Crippen LogP contribution in [0.1, 0.15) is 10.7 Å². The first-order chi connectivity index (χ1) is 13.0. The Kier molecular flexibility index (Phi) is 4.50. The van der Waals surface area contributed by atoms with Gasteiger partial charge >= 0.3 is 0 Å². The quantitative estimate of drug-likeness (QED) is 0.555. The highest BCUT2D eigenvalue weighted by Gasteiger charge is 2.22. The molecular formula is C18H15FN4O2S2. The maximum atomic E-state index is 13.9. The van der Waals surface area contributed by atoms with Gasteiger partial charge in [0.2, 0.25) is 15.0 Å². The van der Waals surface area contributed by atoms with E-state index >= 15 is 0 Å². The van der Waals surface area contributed by atoms with Crippen molar-refractivity contribution in [2.45, 2.75) is 18.4 Å². The number of fused-ring (bicyclic) bond motifs is 1. The first kappa shape index (κ1) is 17.8. The van der Waals surface area contributed by atoms with Gasteiger partial charge in [0.25, 0.3) is 0 Å². The van der Waals surface area contributed by atoms with Crippen molar-refractivity contribution in [3.05, 3.63) is 71.1 Å². The smallest absolute Gasteiger partial charge is 0.217 e. The molecule has 2 heterocycles. The predicted molar refractivity (Wildman–Crippen MR) is 101 cm³/mol. The number of aryl methyl sites for hydroxylation is 1. The van der Waals surface area contributed by atoms with Crippen LogP contribution < -0.4 is 4.72 Å². The Morgan fingerprint density at radius 2 is 1.81 bits per heavy atom. The van der Waals surface area contributed by atoms with E-state index in [1.54, 1.807) is 4.52 Å². The van der Waals surface area contributed by atoms with Gasteiger partial charge in [-0.15, -0.1) is 0 Å². The van der Waals surface area contributed by atoms with Crippen LogP contribution in [-0.2, 0) is 16.6 Å². The van der Waals surface area contributed by atoms with Gasteiger partial charge in [-0.05, 0) is 19.1 Å². The van der Waals surface area contributed by atoms with E-state index in [1.165, 1.54) is 29.5 Å². The Labute approximate surface area is 159 Å². The number of nitrogens with zero attached hydrogens (tertiary/aromatic N) is 3. The highest BCUT2D eigenvalue weighted by molar-refractivity contribution is 7.89. The second kappa shape index (κ2) is 6.84. The van der Waals surface area contributed by atoms with E-state index in [0.717, 1.165) is 16.6 Å². The van der Waals surface area contributed by atoms with Gasteiger partial charge in [-0.1, -0.05) is 53.8 Å². The first-order valence-electron chi connectivity index (χ1n) is 8.10. The molecule has 0 bridgehead atoms. The van der Waals surface area contributed by atoms with Gasteiger partial charge in [-0.3, -0.25) is 0 Å². The molecule has 0 radical (unpaired) electrons. The maximum absolute atomic E-state index is 13.9. The van der Waals surface area contributed by atoms with Gasteiger partial charge in [0.05, 0.1) is 17.9 Å². The lowest BCUT2D eigenvalue weighted by Gasteiger charge is -2.08. The molecule has 4 aromatic rings. The third kappa shape index (κ3) is 3.36. The summed E-state index contributed by atoms with van der Waals surface area (Å²) in [5.74, 6) is -0.795. The third-order valence-electron chi connectivity index (χ3n) is 4.00. The second-order valence-corrected chi connectivity index (χ2v) is 8.74. The van der Waals surface area contributed by atoms with Gasteiger partial charge < -0.3 is 0 Å². The molecule has 138 valence electrons. The van der Waals surface area contributed by atoms with Crippen LogP contribution in [0.2, 0.25) is 0 Å². The number of imidazole rings is 1. The molecule has 0 spiro atoms. The van der Waals surface area contributed by atoms with E-state index in [9.17, 15) is 12.8 Å². The van der Waals surface area contributed by atoms with E-state index in [2.05, 4.69) is 14.8 Å². The zero-order chi connectivity index (χ0) is 19.0. The van der Waals surface area contributed by atoms with E-state index < -0.39 is 15.8 Å². The summed E-state index contributed by atoms with van der Waals surface area (Å²) in [5, 5.41) is 5.23. The van der Waals surface area contributed by atoms with Crippen molar-refractivity contribution < 1.29 is 12.8 Å². The summed E-state index contributed by atoms with van der Waals surface area (Å²) in [6, 6.07) is 14.7. The van der Waals surface area contributed by atoms with Gasteiger partial charge in [0, 0.05) is 5.56 Å². The highest BCUT2D eigenvalue weighted by atomic mass is 32.2. The van der Waals surface area contributed by atoms with E-state index in [0.29, 0.717) is 16.3 Å². The molecule has 9 heteroatoms. The average molecular weight is 402 g/mol. The molecule has 4 rings (SSSR count). The Morgan fingerprint density at radius 3 is 2.56 bits per heavy atom. The molecule has 0 saturated carbocycles. The van der Waals surface area contributed by atoms with Crippen molar-refractivity contribution in [1.29, 1.82) is 0 Å². The normalized spacial score (nSPS) is 11.9. The largest absolute Gasteiger partial charge is 0.243 e. The van der Waals surface area contributed by atoms with Gasteiger partial charge in [-0.25, -0.2) is 27.0 Å². The molecule has 0 atom stereocenters. The molecule has 0 unspecified atom stereocenters. The maximum Gasteiger partial charge on any atom is 0.243 e. The van der Waals surface area contributed by atoms with Gasteiger partial charge in [-0.2, -0.15) is 5.10 Å². The zero-order valence-electron chi connectivity index (χ0n) is 14.3. The standard InChI is InChI=1S/C18H15FN4O2S2/c1-12-22-23-15(11-20-27(24,25)16-10-6-5-9-14(16)19)17(21-18(23)26-12)13-7-3-2-4-8-13/h2-10,20H,11H2,1H3. The number of halogens is 1.